The lowest BCUT2D eigenvalue weighted by atomic mass is 10.2. The molecule has 0 atom stereocenters. The number of hydrogen-bond donors (Lipinski definition) is 1. The van der Waals surface area contributed by atoms with Gasteiger partial charge in [-0.25, -0.2) is 4.98 Å². The monoisotopic (exact) mass is 323 g/mol. The van der Waals surface area contributed by atoms with Crippen LogP contribution in [0.2, 0.25) is 0 Å². The highest BCUT2D eigenvalue weighted by Gasteiger charge is 2.34. The maximum absolute atomic E-state index is 12.8. The van der Waals surface area contributed by atoms with Gasteiger partial charge in [0, 0.05) is 6.20 Å². The van der Waals surface area contributed by atoms with Gasteiger partial charge in [0.2, 0.25) is 5.88 Å². The Hall–Kier alpha value is -2.77. The molecule has 0 aliphatic carbocycles. The highest BCUT2D eigenvalue weighted by Crippen LogP contribution is 2.34. The van der Waals surface area contributed by atoms with E-state index in [4.69, 9.17) is 9.15 Å². The molecule has 8 heteroatoms. The molecule has 0 saturated heterocycles. The predicted molar refractivity (Wildman–Crippen MR) is 77.2 cm³/mol. The summed E-state index contributed by atoms with van der Waals surface area (Å²) >= 11 is 0. The Morgan fingerprint density at radius 3 is 2.74 bits per heavy atom. The number of nitrogens with one attached hydrogen (secondary N) is 1. The molecule has 0 fully saturated rings. The highest BCUT2D eigenvalue weighted by atomic mass is 19.4. The number of para-hydroxylation sites is 2. The number of anilines is 1. The van der Waals surface area contributed by atoms with E-state index in [-0.39, 0.29) is 19.2 Å². The van der Waals surface area contributed by atoms with Crippen molar-refractivity contribution in [2.75, 3.05) is 18.5 Å². The lowest BCUT2D eigenvalue weighted by Crippen LogP contribution is -2.15. The quantitative estimate of drug-likeness (QED) is 0.725. The summed E-state index contributed by atoms with van der Waals surface area (Å²) < 4.78 is 48.9. The van der Waals surface area contributed by atoms with Gasteiger partial charge in [0.15, 0.2) is 5.58 Å². The van der Waals surface area contributed by atoms with Crippen molar-refractivity contribution >= 4 is 17.1 Å². The molecule has 0 amide bonds. The SMILES string of the molecule is FC(F)(F)c1cccnc1OCCNc1nc2ccccc2o1. The molecule has 2 heterocycles. The lowest BCUT2D eigenvalue weighted by molar-refractivity contribution is -0.139. The third kappa shape index (κ3) is 3.53. The van der Waals surface area contributed by atoms with Gasteiger partial charge in [-0.2, -0.15) is 18.2 Å². The van der Waals surface area contributed by atoms with Crippen LogP contribution in [0.4, 0.5) is 19.2 Å². The van der Waals surface area contributed by atoms with Crippen molar-refractivity contribution in [3.05, 3.63) is 48.2 Å². The number of ether oxygens (including phenoxy) is 1. The van der Waals surface area contributed by atoms with Crippen LogP contribution in [0.1, 0.15) is 5.56 Å². The summed E-state index contributed by atoms with van der Waals surface area (Å²) in [7, 11) is 0. The summed E-state index contributed by atoms with van der Waals surface area (Å²) in [6.07, 6.45) is -3.25. The number of hydrogen-bond acceptors (Lipinski definition) is 5. The maximum atomic E-state index is 12.8. The van der Waals surface area contributed by atoms with E-state index in [1.807, 2.05) is 12.1 Å². The van der Waals surface area contributed by atoms with Crippen LogP contribution < -0.4 is 10.1 Å². The largest absolute Gasteiger partial charge is 0.475 e. The van der Waals surface area contributed by atoms with E-state index in [0.717, 1.165) is 6.07 Å². The van der Waals surface area contributed by atoms with Gasteiger partial charge in [-0.15, -0.1) is 0 Å². The molecule has 3 rings (SSSR count). The first-order chi connectivity index (χ1) is 11.0. The van der Waals surface area contributed by atoms with Gasteiger partial charge in [-0.3, -0.25) is 0 Å². The Bertz CT molecular complexity index is 769. The van der Waals surface area contributed by atoms with Crippen LogP contribution in [-0.2, 0) is 6.18 Å². The number of oxazole rings is 1. The smallest absolute Gasteiger partial charge is 0.421 e. The normalized spacial score (nSPS) is 11.6. The van der Waals surface area contributed by atoms with Crippen molar-refractivity contribution in [3.8, 4) is 5.88 Å². The van der Waals surface area contributed by atoms with Crippen molar-refractivity contribution in [2.24, 2.45) is 0 Å². The van der Waals surface area contributed by atoms with Gasteiger partial charge >= 0.3 is 6.18 Å². The van der Waals surface area contributed by atoms with Crippen molar-refractivity contribution < 1.29 is 22.3 Å². The zero-order valence-corrected chi connectivity index (χ0v) is 11.8. The average Bonchev–Trinajstić information content (AvgIpc) is 2.94. The summed E-state index contributed by atoms with van der Waals surface area (Å²) in [5.41, 5.74) is 0.418. The van der Waals surface area contributed by atoms with Gasteiger partial charge < -0.3 is 14.5 Å². The zero-order valence-electron chi connectivity index (χ0n) is 11.8. The molecule has 1 aromatic carbocycles. The minimum atomic E-state index is -4.50. The maximum Gasteiger partial charge on any atom is 0.421 e. The van der Waals surface area contributed by atoms with Gasteiger partial charge in [-0.1, -0.05) is 12.1 Å². The van der Waals surface area contributed by atoms with E-state index in [1.54, 1.807) is 12.1 Å². The lowest BCUT2D eigenvalue weighted by Gasteiger charge is -2.12. The summed E-state index contributed by atoms with van der Waals surface area (Å²) in [5, 5.41) is 2.85. The van der Waals surface area contributed by atoms with Crippen LogP contribution in [-0.4, -0.2) is 23.1 Å². The van der Waals surface area contributed by atoms with Crippen molar-refractivity contribution in [1.82, 2.24) is 9.97 Å². The number of nitrogens with zero attached hydrogens (tertiary/aromatic N) is 2. The number of alkyl halides is 3. The molecule has 0 bridgehead atoms. The second kappa shape index (κ2) is 6.15. The van der Waals surface area contributed by atoms with Crippen molar-refractivity contribution in [1.29, 1.82) is 0 Å². The summed E-state index contributed by atoms with van der Waals surface area (Å²) in [6, 6.07) is 9.64. The van der Waals surface area contributed by atoms with E-state index in [2.05, 4.69) is 15.3 Å². The Morgan fingerprint density at radius 1 is 1.13 bits per heavy atom. The molecule has 5 nitrogen and oxygen atoms in total. The van der Waals surface area contributed by atoms with Gasteiger partial charge in [0.05, 0.1) is 6.54 Å². The number of halogens is 3. The van der Waals surface area contributed by atoms with Crippen LogP contribution in [0.15, 0.2) is 47.0 Å². The predicted octanol–water partition coefficient (Wildman–Crippen LogP) is 3.73. The molecule has 0 spiro atoms. The van der Waals surface area contributed by atoms with Crippen molar-refractivity contribution in [3.63, 3.8) is 0 Å². The van der Waals surface area contributed by atoms with E-state index in [0.29, 0.717) is 11.1 Å². The second-order valence-electron chi connectivity index (χ2n) is 4.62. The molecular formula is C15H12F3N3O2. The first kappa shape index (κ1) is 15.1. The van der Waals surface area contributed by atoms with Gasteiger partial charge in [-0.05, 0) is 24.3 Å². The molecule has 120 valence electrons. The van der Waals surface area contributed by atoms with Crippen LogP contribution in [0, 0.1) is 0 Å². The number of rotatable bonds is 5. The molecular weight excluding hydrogens is 311 g/mol. The van der Waals surface area contributed by atoms with Gasteiger partial charge in [0.1, 0.15) is 17.7 Å². The highest BCUT2D eigenvalue weighted by molar-refractivity contribution is 5.74. The molecule has 3 aromatic rings. The van der Waals surface area contributed by atoms with Crippen molar-refractivity contribution in [2.45, 2.75) is 6.18 Å². The minimum absolute atomic E-state index is 0.0151. The molecule has 2 aromatic heterocycles. The number of benzene rings is 1. The van der Waals surface area contributed by atoms with Crippen LogP contribution in [0.5, 0.6) is 5.88 Å². The molecule has 1 N–H and O–H groups in total. The zero-order chi connectivity index (χ0) is 16.3. The summed E-state index contributed by atoms with van der Waals surface area (Å²) in [6.45, 7) is 0.208. The average molecular weight is 323 g/mol. The van der Waals surface area contributed by atoms with E-state index >= 15 is 0 Å². The Kier molecular flexibility index (Phi) is 4.05. The standard InChI is InChI=1S/C15H12F3N3O2/c16-15(17,18)10-4-3-7-19-13(10)22-9-8-20-14-21-11-5-1-2-6-12(11)23-14/h1-7H,8-9H2,(H,20,21). The van der Waals surface area contributed by atoms with E-state index in [9.17, 15) is 13.2 Å². The number of aromatic nitrogens is 2. The van der Waals surface area contributed by atoms with E-state index in [1.165, 1.54) is 12.3 Å². The number of fused-ring (bicyclic) bond motifs is 1. The Labute approximate surface area is 129 Å². The molecule has 0 radical (unpaired) electrons. The Morgan fingerprint density at radius 2 is 1.96 bits per heavy atom. The van der Waals surface area contributed by atoms with Crippen LogP contribution >= 0.6 is 0 Å². The number of pyridine rings is 1. The molecule has 0 saturated carbocycles. The molecule has 0 aliphatic heterocycles. The third-order valence-corrected chi connectivity index (χ3v) is 2.99. The summed E-state index contributed by atoms with van der Waals surface area (Å²) in [4.78, 5) is 7.80. The fourth-order valence-corrected chi connectivity index (χ4v) is 1.98. The summed E-state index contributed by atoms with van der Waals surface area (Å²) in [5.74, 6) is -0.445. The fourth-order valence-electron chi connectivity index (χ4n) is 1.98. The minimum Gasteiger partial charge on any atom is -0.475 e. The first-order valence-corrected chi connectivity index (χ1v) is 6.78. The molecule has 23 heavy (non-hydrogen) atoms. The van der Waals surface area contributed by atoms with Gasteiger partial charge in [0.25, 0.3) is 6.01 Å². The Balaban J connectivity index is 1.58. The molecule has 0 unspecified atom stereocenters. The topological polar surface area (TPSA) is 60.2 Å². The first-order valence-electron chi connectivity index (χ1n) is 6.78. The third-order valence-electron chi connectivity index (χ3n) is 2.99. The van der Waals surface area contributed by atoms with E-state index < -0.39 is 17.6 Å². The molecule has 0 aliphatic rings. The second-order valence-corrected chi connectivity index (χ2v) is 4.62. The fraction of sp³-hybridized carbons (Fsp3) is 0.200. The van der Waals surface area contributed by atoms with Crippen LogP contribution in [0.25, 0.3) is 11.1 Å². The van der Waals surface area contributed by atoms with Crippen LogP contribution in [0.3, 0.4) is 0 Å².